The van der Waals surface area contributed by atoms with Crippen LogP contribution in [0.2, 0.25) is 0 Å². The maximum Gasteiger partial charge on any atom is 0.163 e. The number of hydrogen-bond donors (Lipinski definition) is 1. The second-order valence-corrected chi connectivity index (χ2v) is 7.72. The minimum absolute atomic E-state index is 0.352. The fourth-order valence-electron chi connectivity index (χ4n) is 3.16. The zero-order valence-electron chi connectivity index (χ0n) is 15.7. The van der Waals surface area contributed by atoms with E-state index in [4.69, 9.17) is 10.7 Å². The molecule has 0 amide bonds. The fourth-order valence-corrected chi connectivity index (χ4v) is 3.58. The Bertz CT molecular complexity index is 1130. The van der Waals surface area contributed by atoms with Crippen molar-refractivity contribution < 1.29 is 0 Å². The molecule has 5 nitrogen and oxygen atoms in total. The number of hydrogen-bond acceptors (Lipinski definition) is 5. The van der Waals surface area contributed by atoms with E-state index in [2.05, 4.69) is 55.1 Å². The number of pyridine rings is 1. The van der Waals surface area contributed by atoms with Crippen molar-refractivity contribution in [2.24, 2.45) is 5.73 Å². The Balaban J connectivity index is 1.74. The Morgan fingerprint density at radius 1 is 0.964 bits per heavy atom. The summed E-state index contributed by atoms with van der Waals surface area (Å²) in [5, 5.41) is 0.864. The van der Waals surface area contributed by atoms with Crippen molar-refractivity contribution in [3.63, 3.8) is 0 Å². The summed E-state index contributed by atoms with van der Waals surface area (Å²) in [4.78, 5) is 15.6. The van der Waals surface area contributed by atoms with Crippen LogP contribution in [-0.2, 0) is 0 Å². The van der Waals surface area contributed by atoms with E-state index in [-0.39, 0.29) is 6.04 Å². The van der Waals surface area contributed by atoms with Crippen LogP contribution in [0, 0.1) is 0 Å². The monoisotopic (exact) mass is 433 g/mol. The number of anilines is 1. The van der Waals surface area contributed by atoms with Gasteiger partial charge in [0.25, 0.3) is 0 Å². The molecule has 2 aromatic heterocycles. The standard InChI is InChI=1S/C22H20BrN5/c1-28(2)17-8-6-14(7-9-17)19-11-10-18-21(25-13-26-22(18)27-19)20(24)15-4-3-5-16(23)12-15/h3-13,20H,24H2,1-2H3. The molecule has 0 saturated carbocycles. The van der Waals surface area contributed by atoms with Gasteiger partial charge in [0.15, 0.2) is 5.65 Å². The molecule has 0 spiro atoms. The third-order valence-electron chi connectivity index (χ3n) is 4.71. The molecule has 6 heteroatoms. The Kier molecular flexibility index (Phi) is 5.07. The molecule has 2 heterocycles. The molecule has 0 radical (unpaired) electrons. The Labute approximate surface area is 172 Å². The van der Waals surface area contributed by atoms with Gasteiger partial charge in [0.2, 0.25) is 0 Å². The number of rotatable bonds is 4. The van der Waals surface area contributed by atoms with Gasteiger partial charge in [-0.3, -0.25) is 0 Å². The van der Waals surface area contributed by atoms with E-state index in [9.17, 15) is 0 Å². The minimum atomic E-state index is -0.352. The van der Waals surface area contributed by atoms with Crippen molar-refractivity contribution in [2.75, 3.05) is 19.0 Å². The third-order valence-corrected chi connectivity index (χ3v) is 5.20. The fraction of sp³-hybridized carbons (Fsp3) is 0.136. The lowest BCUT2D eigenvalue weighted by atomic mass is 10.0. The topological polar surface area (TPSA) is 67.9 Å². The van der Waals surface area contributed by atoms with Gasteiger partial charge < -0.3 is 10.6 Å². The molecule has 0 aliphatic rings. The van der Waals surface area contributed by atoms with Gasteiger partial charge in [-0.05, 0) is 42.0 Å². The Morgan fingerprint density at radius 2 is 1.75 bits per heavy atom. The molecule has 0 bridgehead atoms. The lowest BCUT2D eigenvalue weighted by Gasteiger charge is -2.14. The van der Waals surface area contributed by atoms with Crippen LogP contribution in [-0.4, -0.2) is 29.0 Å². The Hall–Kier alpha value is -2.83. The molecule has 0 aliphatic heterocycles. The predicted molar refractivity (Wildman–Crippen MR) is 117 cm³/mol. The molecule has 2 N–H and O–H groups in total. The SMILES string of the molecule is CN(C)c1ccc(-c2ccc3c(C(N)c4cccc(Br)c4)ncnc3n2)cc1. The summed E-state index contributed by atoms with van der Waals surface area (Å²) in [6, 6.07) is 19.9. The number of nitrogens with zero attached hydrogens (tertiary/aromatic N) is 4. The van der Waals surface area contributed by atoms with Gasteiger partial charge in [0, 0.05) is 35.2 Å². The molecule has 1 unspecified atom stereocenters. The lowest BCUT2D eigenvalue weighted by molar-refractivity contribution is 0.832. The summed E-state index contributed by atoms with van der Waals surface area (Å²) in [5.74, 6) is 0. The molecule has 28 heavy (non-hydrogen) atoms. The smallest absolute Gasteiger partial charge is 0.163 e. The minimum Gasteiger partial charge on any atom is -0.378 e. The van der Waals surface area contributed by atoms with Crippen LogP contribution in [0.1, 0.15) is 17.3 Å². The maximum absolute atomic E-state index is 6.50. The molecule has 0 fully saturated rings. The van der Waals surface area contributed by atoms with Gasteiger partial charge in [0.1, 0.15) is 6.33 Å². The predicted octanol–water partition coefficient (Wildman–Crippen LogP) is 4.57. The number of fused-ring (bicyclic) bond motifs is 1. The highest BCUT2D eigenvalue weighted by molar-refractivity contribution is 9.10. The van der Waals surface area contributed by atoms with E-state index < -0.39 is 0 Å². The molecule has 2 aromatic carbocycles. The third kappa shape index (κ3) is 3.61. The van der Waals surface area contributed by atoms with E-state index in [1.807, 2.05) is 50.5 Å². The second-order valence-electron chi connectivity index (χ2n) is 6.80. The van der Waals surface area contributed by atoms with E-state index >= 15 is 0 Å². The summed E-state index contributed by atoms with van der Waals surface area (Å²) in [5.41, 5.74) is 12.0. The highest BCUT2D eigenvalue weighted by atomic mass is 79.9. The van der Waals surface area contributed by atoms with E-state index in [1.165, 1.54) is 6.33 Å². The summed E-state index contributed by atoms with van der Waals surface area (Å²) in [6.07, 6.45) is 1.53. The summed E-state index contributed by atoms with van der Waals surface area (Å²) < 4.78 is 0.986. The van der Waals surface area contributed by atoms with Crippen molar-refractivity contribution in [2.45, 2.75) is 6.04 Å². The molecule has 140 valence electrons. The van der Waals surface area contributed by atoms with E-state index in [0.717, 1.165) is 38.1 Å². The van der Waals surface area contributed by atoms with Crippen LogP contribution in [0.5, 0.6) is 0 Å². The van der Waals surface area contributed by atoms with Crippen LogP contribution in [0.3, 0.4) is 0 Å². The average Bonchev–Trinajstić information content (AvgIpc) is 2.72. The first kappa shape index (κ1) is 18.5. The normalized spacial score (nSPS) is 12.1. The van der Waals surface area contributed by atoms with Crippen molar-refractivity contribution in [1.82, 2.24) is 15.0 Å². The zero-order valence-corrected chi connectivity index (χ0v) is 17.3. The largest absolute Gasteiger partial charge is 0.378 e. The van der Waals surface area contributed by atoms with Crippen LogP contribution < -0.4 is 10.6 Å². The summed E-state index contributed by atoms with van der Waals surface area (Å²) >= 11 is 3.50. The van der Waals surface area contributed by atoms with Gasteiger partial charge in [-0.25, -0.2) is 15.0 Å². The average molecular weight is 434 g/mol. The summed E-state index contributed by atoms with van der Waals surface area (Å²) in [6.45, 7) is 0. The first-order valence-corrected chi connectivity index (χ1v) is 9.72. The van der Waals surface area contributed by atoms with Gasteiger partial charge in [-0.15, -0.1) is 0 Å². The van der Waals surface area contributed by atoms with Crippen molar-refractivity contribution in [1.29, 1.82) is 0 Å². The quantitative estimate of drug-likeness (QED) is 0.510. The maximum atomic E-state index is 6.50. The van der Waals surface area contributed by atoms with E-state index in [0.29, 0.717) is 5.65 Å². The number of aromatic nitrogens is 3. The molecule has 4 rings (SSSR count). The molecule has 1 atom stereocenters. The Morgan fingerprint density at radius 3 is 2.46 bits per heavy atom. The van der Waals surface area contributed by atoms with E-state index in [1.54, 1.807) is 0 Å². The van der Waals surface area contributed by atoms with Gasteiger partial charge >= 0.3 is 0 Å². The molecule has 4 aromatic rings. The summed E-state index contributed by atoms with van der Waals surface area (Å²) in [7, 11) is 4.05. The molecular weight excluding hydrogens is 414 g/mol. The van der Waals surface area contributed by atoms with Crippen molar-refractivity contribution in [3.8, 4) is 11.3 Å². The lowest BCUT2D eigenvalue weighted by Crippen LogP contribution is -2.14. The first-order chi connectivity index (χ1) is 13.5. The van der Waals surface area contributed by atoms with Crippen LogP contribution in [0.25, 0.3) is 22.3 Å². The van der Waals surface area contributed by atoms with Crippen molar-refractivity contribution in [3.05, 3.63) is 82.7 Å². The molecule has 0 aliphatic carbocycles. The number of nitrogens with two attached hydrogens (primary N) is 1. The first-order valence-electron chi connectivity index (χ1n) is 8.93. The van der Waals surface area contributed by atoms with Gasteiger partial charge in [0.05, 0.1) is 17.4 Å². The zero-order chi connectivity index (χ0) is 19.7. The molecular formula is C22H20BrN5. The number of halogens is 1. The molecule has 0 saturated heterocycles. The second kappa shape index (κ2) is 7.66. The van der Waals surface area contributed by atoms with Crippen LogP contribution >= 0.6 is 15.9 Å². The highest BCUT2D eigenvalue weighted by Crippen LogP contribution is 2.28. The highest BCUT2D eigenvalue weighted by Gasteiger charge is 2.16. The van der Waals surface area contributed by atoms with Crippen molar-refractivity contribution >= 4 is 32.7 Å². The van der Waals surface area contributed by atoms with Crippen LogP contribution in [0.4, 0.5) is 5.69 Å². The van der Waals surface area contributed by atoms with Gasteiger partial charge in [-0.1, -0.05) is 40.2 Å². The number of benzene rings is 2. The van der Waals surface area contributed by atoms with Gasteiger partial charge in [-0.2, -0.15) is 0 Å². The van der Waals surface area contributed by atoms with Crippen LogP contribution in [0.15, 0.2) is 71.5 Å².